The SMILES string of the molecule is CCOC(=O)C[C@@H](N)c1ccccc1OC(F)F.Cl. The average Bonchev–Trinajstić information content (AvgIpc) is 2.28. The molecule has 0 bridgehead atoms. The standard InChI is InChI=1S/C12H15F2NO3.ClH/c1-2-17-11(16)7-9(15)8-5-3-4-6-10(8)18-12(13)14;/h3-6,9,12H,2,7,15H2,1H3;1H/t9-;/m1./s1. The molecule has 0 heterocycles. The summed E-state index contributed by atoms with van der Waals surface area (Å²) >= 11 is 0. The highest BCUT2D eigenvalue weighted by molar-refractivity contribution is 5.85. The molecule has 1 aromatic carbocycles. The number of para-hydroxylation sites is 1. The van der Waals surface area contributed by atoms with Crippen LogP contribution in [0, 0.1) is 0 Å². The van der Waals surface area contributed by atoms with E-state index in [0.29, 0.717) is 5.56 Å². The van der Waals surface area contributed by atoms with Crippen LogP contribution >= 0.6 is 12.4 Å². The van der Waals surface area contributed by atoms with E-state index >= 15 is 0 Å². The van der Waals surface area contributed by atoms with Crippen LogP contribution in [0.25, 0.3) is 0 Å². The Balaban J connectivity index is 0.00000324. The molecule has 0 aromatic heterocycles. The van der Waals surface area contributed by atoms with Crippen molar-refractivity contribution < 1.29 is 23.0 Å². The first-order valence-corrected chi connectivity index (χ1v) is 5.49. The third kappa shape index (κ3) is 5.85. The number of hydrogen-bond donors (Lipinski definition) is 1. The maximum absolute atomic E-state index is 12.2. The molecular weight excluding hydrogens is 280 g/mol. The highest BCUT2D eigenvalue weighted by Gasteiger charge is 2.18. The van der Waals surface area contributed by atoms with Crippen LogP contribution < -0.4 is 10.5 Å². The van der Waals surface area contributed by atoms with Gasteiger partial charge in [-0.1, -0.05) is 18.2 Å². The van der Waals surface area contributed by atoms with E-state index in [0.717, 1.165) is 0 Å². The Labute approximate surface area is 116 Å². The van der Waals surface area contributed by atoms with Gasteiger partial charge in [-0.05, 0) is 13.0 Å². The molecule has 0 spiro atoms. The van der Waals surface area contributed by atoms with Crippen molar-refractivity contribution in [3.63, 3.8) is 0 Å². The molecule has 19 heavy (non-hydrogen) atoms. The van der Waals surface area contributed by atoms with Gasteiger partial charge in [0.25, 0.3) is 0 Å². The molecule has 108 valence electrons. The van der Waals surface area contributed by atoms with Gasteiger partial charge in [0.2, 0.25) is 0 Å². The fourth-order valence-corrected chi connectivity index (χ4v) is 1.50. The van der Waals surface area contributed by atoms with Crippen LogP contribution in [-0.4, -0.2) is 19.2 Å². The number of ether oxygens (including phenoxy) is 2. The van der Waals surface area contributed by atoms with E-state index < -0.39 is 18.6 Å². The zero-order valence-corrected chi connectivity index (χ0v) is 11.2. The summed E-state index contributed by atoms with van der Waals surface area (Å²) in [6.07, 6.45) is -0.0859. The molecule has 4 nitrogen and oxygen atoms in total. The average molecular weight is 296 g/mol. The van der Waals surface area contributed by atoms with E-state index in [2.05, 4.69) is 4.74 Å². The number of esters is 1. The molecule has 0 radical (unpaired) electrons. The normalized spacial score (nSPS) is 11.6. The number of carbonyl (C=O) groups is 1. The van der Waals surface area contributed by atoms with Crippen molar-refractivity contribution in [3.05, 3.63) is 29.8 Å². The van der Waals surface area contributed by atoms with Crippen molar-refractivity contribution in [1.82, 2.24) is 0 Å². The minimum atomic E-state index is -2.93. The van der Waals surface area contributed by atoms with Gasteiger partial charge < -0.3 is 15.2 Å². The van der Waals surface area contributed by atoms with Crippen molar-refractivity contribution in [2.24, 2.45) is 5.73 Å². The molecule has 7 heteroatoms. The Morgan fingerprint density at radius 3 is 2.58 bits per heavy atom. The van der Waals surface area contributed by atoms with Crippen LogP contribution in [0.5, 0.6) is 5.75 Å². The van der Waals surface area contributed by atoms with Crippen LogP contribution in [0.15, 0.2) is 24.3 Å². The number of carbonyl (C=O) groups excluding carboxylic acids is 1. The van der Waals surface area contributed by atoms with Crippen molar-refractivity contribution in [1.29, 1.82) is 0 Å². The van der Waals surface area contributed by atoms with Crippen molar-refractivity contribution >= 4 is 18.4 Å². The van der Waals surface area contributed by atoms with Gasteiger partial charge in [0, 0.05) is 11.6 Å². The molecule has 1 atom stereocenters. The number of halogens is 3. The molecule has 0 saturated heterocycles. The Kier molecular flexibility index (Phi) is 8.02. The first-order chi connectivity index (χ1) is 8.54. The Hall–Kier alpha value is -1.40. The van der Waals surface area contributed by atoms with Crippen LogP contribution in [-0.2, 0) is 9.53 Å². The summed E-state index contributed by atoms with van der Waals surface area (Å²) in [5, 5.41) is 0. The lowest BCUT2D eigenvalue weighted by Crippen LogP contribution is -2.18. The molecule has 0 aliphatic carbocycles. The lowest BCUT2D eigenvalue weighted by Gasteiger charge is -2.15. The second-order valence-corrected chi connectivity index (χ2v) is 3.53. The second-order valence-electron chi connectivity index (χ2n) is 3.53. The quantitative estimate of drug-likeness (QED) is 0.820. The number of alkyl halides is 2. The molecule has 0 saturated carbocycles. The number of benzene rings is 1. The second kappa shape index (κ2) is 8.66. The van der Waals surface area contributed by atoms with Gasteiger partial charge in [0.05, 0.1) is 13.0 Å². The van der Waals surface area contributed by atoms with Crippen LogP contribution in [0.1, 0.15) is 24.9 Å². The van der Waals surface area contributed by atoms with Gasteiger partial charge in [-0.25, -0.2) is 0 Å². The minimum absolute atomic E-state index is 0. The molecule has 0 unspecified atom stereocenters. The van der Waals surface area contributed by atoms with E-state index in [4.69, 9.17) is 10.5 Å². The molecule has 0 amide bonds. The molecular formula is C12H16ClF2NO3. The van der Waals surface area contributed by atoms with Crippen molar-refractivity contribution in [2.45, 2.75) is 26.0 Å². The number of rotatable bonds is 6. The molecule has 0 fully saturated rings. The topological polar surface area (TPSA) is 61.5 Å². The van der Waals surface area contributed by atoms with Crippen molar-refractivity contribution in [3.8, 4) is 5.75 Å². The van der Waals surface area contributed by atoms with Crippen LogP contribution in [0.3, 0.4) is 0 Å². The predicted molar refractivity (Wildman–Crippen MR) is 68.5 cm³/mol. The smallest absolute Gasteiger partial charge is 0.387 e. The summed E-state index contributed by atoms with van der Waals surface area (Å²) < 4.78 is 33.5. The highest BCUT2D eigenvalue weighted by atomic mass is 35.5. The number of nitrogens with two attached hydrogens (primary N) is 1. The minimum Gasteiger partial charge on any atom is -0.466 e. The van der Waals surface area contributed by atoms with Crippen molar-refractivity contribution in [2.75, 3.05) is 6.61 Å². The maximum atomic E-state index is 12.2. The van der Waals surface area contributed by atoms with E-state index in [1.54, 1.807) is 25.1 Å². The lowest BCUT2D eigenvalue weighted by molar-refractivity contribution is -0.143. The van der Waals surface area contributed by atoms with Gasteiger partial charge in [-0.15, -0.1) is 12.4 Å². The zero-order chi connectivity index (χ0) is 13.5. The molecule has 1 aromatic rings. The van der Waals surface area contributed by atoms with E-state index in [1.807, 2.05) is 0 Å². The van der Waals surface area contributed by atoms with Crippen LogP contribution in [0.2, 0.25) is 0 Å². The van der Waals surface area contributed by atoms with E-state index in [-0.39, 0.29) is 31.2 Å². The molecule has 0 aliphatic rings. The van der Waals surface area contributed by atoms with Gasteiger partial charge in [0.1, 0.15) is 5.75 Å². The summed E-state index contributed by atoms with van der Waals surface area (Å²) in [4.78, 5) is 11.3. The fourth-order valence-electron chi connectivity index (χ4n) is 1.50. The Morgan fingerprint density at radius 1 is 1.37 bits per heavy atom. The Morgan fingerprint density at radius 2 is 2.00 bits per heavy atom. The molecule has 1 rings (SSSR count). The summed E-state index contributed by atoms with van der Waals surface area (Å²) in [5.41, 5.74) is 6.13. The zero-order valence-electron chi connectivity index (χ0n) is 10.3. The largest absolute Gasteiger partial charge is 0.466 e. The van der Waals surface area contributed by atoms with Gasteiger partial charge in [-0.3, -0.25) is 4.79 Å². The van der Waals surface area contributed by atoms with E-state index in [1.165, 1.54) is 6.07 Å². The third-order valence-corrected chi connectivity index (χ3v) is 2.23. The first kappa shape index (κ1) is 17.6. The first-order valence-electron chi connectivity index (χ1n) is 5.49. The predicted octanol–water partition coefficient (Wildman–Crippen LogP) is 2.66. The van der Waals surface area contributed by atoms with E-state index in [9.17, 15) is 13.6 Å². The fraction of sp³-hybridized carbons (Fsp3) is 0.417. The molecule has 0 aliphatic heterocycles. The third-order valence-electron chi connectivity index (χ3n) is 2.23. The summed E-state index contributed by atoms with van der Waals surface area (Å²) in [6, 6.07) is 5.38. The summed E-state index contributed by atoms with van der Waals surface area (Å²) in [5.74, 6) is -0.499. The Bertz CT molecular complexity index is 404. The number of hydrogen-bond acceptors (Lipinski definition) is 4. The maximum Gasteiger partial charge on any atom is 0.387 e. The lowest BCUT2D eigenvalue weighted by atomic mass is 10.0. The van der Waals surface area contributed by atoms with Gasteiger partial charge in [0.15, 0.2) is 0 Å². The van der Waals surface area contributed by atoms with Gasteiger partial charge in [-0.2, -0.15) is 8.78 Å². The molecule has 2 N–H and O–H groups in total. The van der Waals surface area contributed by atoms with Crippen LogP contribution in [0.4, 0.5) is 8.78 Å². The monoisotopic (exact) mass is 295 g/mol. The highest BCUT2D eigenvalue weighted by Crippen LogP contribution is 2.27. The summed E-state index contributed by atoms with van der Waals surface area (Å²) in [6.45, 7) is -1.00. The van der Waals surface area contributed by atoms with Gasteiger partial charge >= 0.3 is 12.6 Å². The summed E-state index contributed by atoms with van der Waals surface area (Å²) in [7, 11) is 0.